The highest BCUT2D eigenvalue weighted by molar-refractivity contribution is 5.91. The van der Waals surface area contributed by atoms with Gasteiger partial charge in [0.2, 0.25) is 0 Å². The highest BCUT2D eigenvalue weighted by atomic mass is 16.3. The predicted octanol–water partition coefficient (Wildman–Crippen LogP) is 4.13. The molecule has 0 aliphatic heterocycles. The van der Waals surface area contributed by atoms with Crippen LogP contribution in [0.3, 0.4) is 0 Å². The first-order valence-electron chi connectivity index (χ1n) is 9.89. The summed E-state index contributed by atoms with van der Waals surface area (Å²) in [7, 11) is 0. The second-order valence-corrected chi connectivity index (χ2v) is 8.95. The lowest BCUT2D eigenvalue weighted by molar-refractivity contribution is -0.119. The van der Waals surface area contributed by atoms with Gasteiger partial charge in [0.15, 0.2) is 5.78 Å². The topological polar surface area (TPSA) is 37.3 Å². The molecule has 130 valence electrons. The Morgan fingerprint density at radius 1 is 1.33 bits per heavy atom. The van der Waals surface area contributed by atoms with Crippen molar-refractivity contribution in [3.63, 3.8) is 0 Å². The minimum absolute atomic E-state index is 0.0805. The van der Waals surface area contributed by atoms with Crippen LogP contribution in [0.25, 0.3) is 0 Å². The van der Waals surface area contributed by atoms with Gasteiger partial charge in [0.25, 0.3) is 0 Å². The van der Waals surface area contributed by atoms with Crippen LogP contribution in [-0.4, -0.2) is 16.5 Å². The van der Waals surface area contributed by atoms with E-state index in [1.54, 1.807) is 0 Å². The van der Waals surface area contributed by atoms with Crippen molar-refractivity contribution in [1.82, 2.24) is 0 Å². The highest BCUT2D eigenvalue weighted by Crippen LogP contribution is 2.67. The number of aliphatic hydroxyl groups is 1. The molecule has 0 saturated heterocycles. The van der Waals surface area contributed by atoms with Gasteiger partial charge in [-0.2, -0.15) is 0 Å². The van der Waals surface area contributed by atoms with E-state index in [9.17, 15) is 9.90 Å². The Morgan fingerprint density at radius 2 is 2.12 bits per heavy atom. The van der Waals surface area contributed by atoms with Crippen molar-refractivity contribution in [1.29, 1.82) is 0 Å². The number of hydrogen-bond acceptors (Lipinski definition) is 2. The molecule has 0 radical (unpaired) electrons. The third-order valence-corrected chi connectivity index (χ3v) is 8.36. The van der Waals surface area contributed by atoms with Crippen molar-refractivity contribution in [2.24, 2.45) is 35.0 Å². The molecular formula is C22H30O2. The van der Waals surface area contributed by atoms with Gasteiger partial charge < -0.3 is 5.11 Å². The van der Waals surface area contributed by atoms with Gasteiger partial charge in [-0.3, -0.25) is 4.79 Å². The van der Waals surface area contributed by atoms with E-state index in [-0.39, 0.29) is 5.41 Å². The summed E-state index contributed by atoms with van der Waals surface area (Å²) in [5.41, 5.74) is 0.438. The first kappa shape index (κ1) is 16.4. The van der Waals surface area contributed by atoms with Crippen LogP contribution in [-0.2, 0) is 4.79 Å². The lowest BCUT2D eigenvalue weighted by Gasteiger charge is -2.57. The van der Waals surface area contributed by atoms with Crippen LogP contribution in [0, 0.1) is 47.3 Å². The van der Waals surface area contributed by atoms with Gasteiger partial charge in [-0.25, -0.2) is 0 Å². The minimum Gasteiger partial charge on any atom is -0.377 e. The Bertz CT molecular complexity index is 626. The van der Waals surface area contributed by atoms with E-state index in [0.29, 0.717) is 35.4 Å². The lowest BCUT2D eigenvalue weighted by Crippen LogP contribution is -2.55. The predicted molar refractivity (Wildman–Crippen MR) is 95.0 cm³/mol. The summed E-state index contributed by atoms with van der Waals surface area (Å²) in [4.78, 5) is 11.9. The molecule has 2 heteroatoms. The maximum Gasteiger partial charge on any atom is 0.155 e. The monoisotopic (exact) mass is 326 g/mol. The SMILES string of the molecule is C#C[C@]1(O)CC[C@H]2[C@H]3[C@H](CC[C@@]21CC)[C@H]1CCC(=O)C=C1C[C@H]3C. The zero-order chi connectivity index (χ0) is 17.1. The van der Waals surface area contributed by atoms with E-state index in [0.717, 1.165) is 44.9 Å². The molecule has 0 aromatic carbocycles. The number of fused-ring (bicyclic) bond motifs is 5. The van der Waals surface area contributed by atoms with Crippen LogP contribution < -0.4 is 0 Å². The van der Waals surface area contributed by atoms with Gasteiger partial charge in [-0.1, -0.05) is 25.3 Å². The van der Waals surface area contributed by atoms with Crippen molar-refractivity contribution in [2.45, 2.75) is 70.8 Å². The molecule has 3 saturated carbocycles. The van der Waals surface area contributed by atoms with Crippen LogP contribution in [0.5, 0.6) is 0 Å². The molecule has 0 spiro atoms. The van der Waals surface area contributed by atoms with Gasteiger partial charge in [0.1, 0.15) is 5.60 Å². The van der Waals surface area contributed by atoms with E-state index in [1.165, 1.54) is 12.0 Å². The van der Waals surface area contributed by atoms with Crippen LogP contribution in [0.2, 0.25) is 0 Å². The lowest BCUT2D eigenvalue weighted by atomic mass is 9.47. The molecular weight excluding hydrogens is 296 g/mol. The average Bonchev–Trinajstić information content (AvgIpc) is 2.88. The number of carbonyl (C=O) groups is 1. The molecule has 7 atom stereocenters. The fourth-order valence-corrected chi connectivity index (χ4v) is 7.38. The summed E-state index contributed by atoms with van der Waals surface area (Å²) in [5, 5.41) is 11.2. The Kier molecular flexibility index (Phi) is 3.73. The average molecular weight is 326 g/mol. The largest absolute Gasteiger partial charge is 0.377 e. The Labute approximate surface area is 146 Å². The molecule has 0 aromatic heterocycles. The smallest absolute Gasteiger partial charge is 0.155 e. The molecule has 3 fully saturated rings. The van der Waals surface area contributed by atoms with Gasteiger partial charge in [-0.05, 0) is 80.6 Å². The molecule has 0 heterocycles. The third-order valence-electron chi connectivity index (χ3n) is 8.36. The number of rotatable bonds is 1. The second-order valence-electron chi connectivity index (χ2n) is 8.95. The molecule has 4 rings (SSSR count). The summed E-state index contributed by atoms with van der Waals surface area (Å²) in [6, 6.07) is 0. The van der Waals surface area contributed by atoms with E-state index < -0.39 is 5.60 Å². The maximum absolute atomic E-state index is 11.9. The van der Waals surface area contributed by atoms with Crippen LogP contribution >= 0.6 is 0 Å². The normalized spacial score (nSPS) is 50.3. The summed E-state index contributed by atoms with van der Waals surface area (Å²) in [5.74, 6) is 6.24. The van der Waals surface area contributed by atoms with Crippen molar-refractivity contribution in [2.75, 3.05) is 0 Å². The summed E-state index contributed by atoms with van der Waals surface area (Å²) >= 11 is 0. The molecule has 1 N–H and O–H groups in total. The van der Waals surface area contributed by atoms with Gasteiger partial charge in [0, 0.05) is 11.8 Å². The molecule has 24 heavy (non-hydrogen) atoms. The summed E-state index contributed by atoms with van der Waals surface area (Å²) in [6.45, 7) is 4.59. The number of hydrogen-bond donors (Lipinski definition) is 1. The molecule has 4 aliphatic carbocycles. The molecule has 4 aliphatic rings. The van der Waals surface area contributed by atoms with Crippen LogP contribution in [0.15, 0.2) is 11.6 Å². The Balaban J connectivity index is 1.72. The Morgan fingerprint density at radius 3 is 2.83 bits per heavy atom. The Hall–Kier alpha value is -1.07. The quantitative estimate of drug-likeness (QED) is 0.736. The van der Waals surface area contributed by atoms with Crippen molar-refractivity contribution >= 4 is 5.78 Å². The number of terminal acetylenes is 1. The summed E-state index contributed by atoms with van der Waals surface area (Å²) < 4.78 is 0. The maximum atomic E-state index is 11.9. The van der Waals surface area contributed by atoms with Crippen LogP contribution in [0.1, 0.15) is 65.2 Å². The molecule has 0 amide bonds. The first-order valence-corrected chi connectivity index (χ1v) is 9.89. The number of ketones is 1. The second kappa shape index (κ2) is 5.46. The van der Waals surface area contributed by atoms with E-state index in [4.69, 9.17) is 6.42 Å². The summed E-state index contributed by atoms with van der Waals surface area (Å²) in [6.07, 6.45) is 15.7. The molecule has 0 aromatic rings. The highest BCUT2D eigenvalue weighted by Gasteiger charge is 2.64. The first-order chi connectivity index (χ1) is 11.5. The van der Waals surface area contributed by atoms with Crippen LogP contribution in [0.4, 0.5) is 0 Å². The fourth-order valence-electron chi connectivity index (χ4n) is 7.38. The molecule has 0 unspecified atom stereocenters. The van der Waals surface area contributed by atoms with Gasteiger partial charge >= 0.3 is 0 Å². The number of allylic oxidation sites excluding steroid dienone is 1. The van der Waals surface area contributed by atoms with E-state index in [1.807, 2.05) is 6.08 Å². The zero-order valence-electron chi connectivity index (χ0n) is 15.1. The molecule has 2 nitrogen and oxygen atoms in total. The standard InChI is InChI=1S/C22H30O2/c1-4-21-10-8-18-17-7-6-16(23)13-15(17)12-14(3)20(18)19(21)9-11-22(21,24)5-2/h2,13-14,17-20,24H,4,6-12H2,1,3H3/t14-,17+,18-,19+,20-,21+,22+/m1/s1. The van der Waals surface area contributed by atoms with E-state index in [2.05, 4.69) is 19.8 Å². The zero-order valence-corrected chi connectivity index (χ0v) is 15.1. The number of carbonyl (C=O) groups excluding carboxylic acids is 1. The van der Waals surface area contributed by atoms with E-state index >= 15 is 0 Å². The molecule has 0 bridgehead atoms. The fraction of sp³-hybridized carbons (Fsp3) is 0.773. The van der Waals surface area contributed by atoms with Crippen molar-refractivity contribution in [3.8, 4) is 12.3 Å². The van der Waals surface area contributed by atoms with Gasteiger partial charge in [-0.15, -0.1) is 6.42 Å². The third kappa shape index (κ3) is 1.97. The van der Waals surface area contributed by atoms with Crippen molar-refractivity contribution < 1.29 is 9.90 Å². The minimum atomic E-state index is -0.907. The van der Waals surface area contributed by atoms with Crippen molar-refractivity contribution in [3.05, 3.63) is 11.6 Å². The van der Waals surface area contributed by atoms with Gasteiger partial charge in [0.05, 0.1) is 0 Å².